The Morgan fingerprint density at radius 2 is 1.93 bits per heavy atom. The number of benzene rings is 2. The number of hydrogen-bond donors (Lipinski definition) is 2. The van der Waals surface area contributed by atoms with E-state index >= 15 is 0 Å². The molecule has 0 fully saturated rings. The van der Waals surface area contributed by atoms with Gasteiger partial charge in [0.1, 0.15) is 28.8 Å². The van der Waals surface area contributed by atoms with E-state index in [0.29, 0.717) is 11.5 Å². The Labute approximate surface area is 171 Å². The summed E-state index contributed by atoms with van der Waals surface area (Å²) in [6.07, 6.45) is 2.96. The lowest BCUT2D eigenvalue weighted by Crippen LogP contribution is -2.26. The number of amides is 1. The summed E-state index contributed by atoms with van der Waals surface area (Å²) < 4.78 is 20.9. The molecule has 4 aromatic rings. The van der Waals surface area contributed by atoms with E-state index in [-0.39, 0.29) is 34.9 Å². The van der Waals surface area contributed by atoms with Crippen LogP contribution in [0.15, 0.2) is 71.5 Å². The van der Waals surface area contributed by atoms with Crippen LogP contribution in [0.3, 0.4) is 0 Å². The van der Waals surface area contributed by atoms with Crippen molar-refractivity contribution in [3.8, 4) is 28.4 Å². The van der Waals surface area contributed by atoms with Crippen LogP contribution in [0.25, 0.3) is 16.9 Å². The van der Waals surface area contributed by atoms with Crippen molar-refractivity contribution in [2.75, 3.05) is 7.05 Å². The molecule has 0 unspecified atom stereocenters. The second-order valence-electron chi connectivity index (χ2n) is 6.71. The lowest BCUT2D eigenvalue weighted by molar-refractivity contribution is 0.0772. The van der Waals surface area contributed by atoms with Crippen molar-refractivity contribution in [1.82, 2.24) is 14.7 Å². The lowest BCUT2D eigenvalue weighted by atomic mass is 10.0. The SMILES string of the molecule is CN(Cc1ccco1)C(=O)c1cc(-c2ccnn2-c2ccccc2F)c(O)cc1O. The number of aromatic hydroxyl groups is 2. The van der Waals surface area contributed by atoms with E-state index in [1.165, 1.54) is 34.2 Å². The maximum atomic E-state index is 14.3. The first-order valence-corrected chi connectivity index (χ1v) is 9.09. The number of para-hydroxylation sites is 1. The zero-order valence-electron chi connectivity index (χ0n) is 16.0. The van der Waals surface area contributed by atoms with Crippen LogP contribution < -0.4 is 0 Å². The topological polar surface area (TPSA) is 91.7 Å². The van der Waals surface area contributed by atoms with Crippen molar-refractivity contribution in [2.45, 2.75) is 6.54 Å². The van der Waals surface area contributed by atoms with Crippen LogP contribution in [-0.2, 0) is 6.54 Å². The van der Waals surface area contributed by atoms with Gasteiger partial charge >= 0.3 is 0 Å². The number of hydrogen-bond acceptors (Lipinski definition) is 5. The molecule has 7 nitrogen and oxygen atoms in total. The Morgan fingerprint density at radius 1 is 1.13 bits per heavy atom. The van der Waals surface area contributed by atoms with Gasteiger partial charge in [0.25, 0.3) is 5.91 Å². The fourth-order valence-electron chi connectivity index (χ4n) is 3.19. The van der Waals surface area contributed by atoms with Crippen LogP contribution in [0, 0.1) is 5.82 Å². The summed E-state index contributed by atoms with van der Waals surface area (Å²) in [6, 6.07) is 13.6. The molecule has 152 valence electrons. The maximum Gasteiger partial charge on any atom is 0.257 e. The number of nitrogens with zero attached hydrogens (tertiary/aromatic N) is 3. The van der Waals surface area contributed by atoms with E-state index in [1.54, 1.807) is 43.4 Å². The molecule has 0 aliphatic carbocycles. The minimum atomic E-state index is -0.491. The Balaban J connectivity index is 1.74. The Hall–Kier alpha value is -4.07. The van der Waals surface area contributed by atoms with Crippen molar-refractivity contribution < 1.29 is 23.8 Å². The first kappa shape index (κ1) is 19.3. The van der Waals surface area contributed by atoms with Crippen molar-refractivity contribution in [2.24, 2.45) is 0 Å². The molecular formula is C22H18FN3O4. The largest absolute Gasteiger partial charge is 0.507 e. The zero-order chi connectivity index (χ0) is 21.3. The molecule has 0 atom stereocenters. The average Bonchev–Trinajstić information content (AvgIpc) is 3.40. The molecule has 0 aliphatic rings. The Morgan fingerprint density at radius 3 is 2.67 bits per heavy atom. The second-order valence-corrected chi connectivity index (χ2v) is 6.71. The summed E-state index contributed by atoms with van der Waals surface area (Å²) in [7, 11) is 1.57. The number of aromatic nitrogens is 2. The minimum Gasteiger partial charge on any atom is -0.507 e. The van der Waals surface area contributed by atoms with Gasteiger partial charge in [0, 0.05) is 18.7 Å². The summed E-state index contributed by atoms with van der Waals surface area (Å²) in [6.45, 7) is 0.203. The van der Waals surface area contributed by atoms with Crippen molar-refractivity contribution in [1.29, 1.82) is 0 Å². The number of halogens is 1. The fourth-order valence-corrected chi connectivity index (χ4v) is 3.19. The monoisotopic (exact) mass is 407 g/mol. The average molecular weight is 407 g/mol. The molecule has 2 aromatic heterocycles. The molecule has 2 N–H and O–H groups in total. The molecule has 0 saturated carbocycles. The summed E-state index contributed by atoms with van der Waals surface area (Å²) in [4.78, 5) is 14.3. The van der Waals surface area contributed by atoms with Crippen LogP contribution in [0.4, 0.5) is 4.39 Å². The van der Waals surface area contributed by atoms with Gasteiger partial charge in [-0.2, -0.15) is 5.10 Å². The van der Waals surface area contributed by atoms with E-state index in [2.05, 4.69) is 5.10 Å². The minimum absolute atomic E-state index is 0.0156. The van der Waals surface area contributed by atoms with Crippen LogP contribution in [0.2, 0.25) is 0 Å². The van der Waals surface area contributed by atoms with Gasteiger partial charge in [-0.15, -0.1) is 0 Å². The molecule has 2 heterocycles. The lowest BCUT2D eigenvalue weighted by Gasteiger charge is -2.18. The number of rotatable bonds is 5. The number of furan rings is 1. The molecular weight excluding hydrogens is 389 g/mol. The van der Waals surface area contributed by atoms with E-state index in [0.717, 1.165) is 6.07 Å². The van der Waals surface area contributed by atoms with Gasteiger partial charge in [0.15, 0.2) is 0 Å². The molecule has 0 radical (unpaired) electrons. The normalized spacial score (nSPS) is 10.9. The zero-order valence-corrected chi connectivity index (χ0v) is 16.0. The maximum absolute atomic E-state index is 14.3. The second kappa shape index (κ2) is 7.75. The number of phenolic OH excluding ortho intramolecular Hbond substituents is 2. The van der Waals surface area contributed by atoms with Gasteiger partial charge in [0.05, 0.1) is 30.3 Å². The molecule has 0 saturated heterocycles. The standard InChI is InChI=1S/C22H18FN3O4/c1-25(13-14-5-4-10-30-14)22(29)16-11-15(20(27)12-21(16)28)18-8-9-24-26(18)19-7-3-2-6-17(19)23/h2-12,27-28H,13H2,1H3. The highest BCUT2D eigenvalue weighted by Gasteiger charge is 2.22. The third-order valence-corrected chi connectivity index (χ3v) is 4.66. The van der Waals surface area contributed by atoms with Gasteiger partial charge in [-0.25, -0.2) is 9.07 Å². The quantitative estimate of drug-likeness (QED) is 0.523. The summed E-state index contributed by atoms with van der Waals surface area (Å²) >= 11 is 0. The predicted octanol–water partition coefficient (Wildman–Crippen LogP) is 3.95. The molecule has 0 aliphatic heterocycles. The summed E-state index contributed by atoms with van der Waals surface area (Å²) in [5.41, 5.74) is 0.759. The molecule has 1 amide bonds. The van der Waals surface area contributed by atoms with Gasteiger partial charge < -0.3 is 19.5 Å². The van der Waals surface area contributed by atoms with Gasteiger partial charge in [-0.1, -0.05) is 12.1 Å². The molecule has 8 heteroatoms. The summed E-state index contributed by atoms with van der Waals surface area (Å²) in [5, 5.41) is 24.8. The molecule has 0 spiro atoms. The molecule has 30 heavy (non-hydrogen) atoms. The van der Waals surface area contributed by atoms with E-state index < -0.39 is 11.7 Å². The van der Waals surface area contributed by atoms with Crippen LogP contribution >= 0.6 is 0 Å². The van der Waals surface area contributed by atoms with Gasteiger partial charge in [-0.3, -0.25) is 4.79 Å². The Bertz CT molecular complexity index is 1200. The van der Waals surface area contributed by atoms with Gasteiger partial charge in [0.2, 0.25) is 0 Å². The number of carbonyl (C=O) groups excluding carboxylic acids is 1. The van der Waals surface area contributed by atoms with E-state index in [4.69, 9.17) is 4.42 Å². The molecule has 4 rings (SSSR count). The highest BCUT2D eigenvalue weighted by atomic mass is 19.1. The van der Waals surface area contributed by atoms with Crippen molar-refractivity contribution >= 4 is 5.91 Å². The highest BCUT2D eigenvalue weighted by Crippen LogP contribution is 2.36. The first-order valence-electron chi connectivity index (χ1n) is 9.09. The molecule has 2 aromatic carbocycles. The highest BCUT2D eigenvalue weighted by molar-refractivity contribution is 5.98. The third kappa shape index (κ3) is 3.50. The predicted molar refractivity (Wildman–Crippen MR) is 107 cm³/mol. The Kier molecular flexibility index (Phi) is 4.97. The van der Waals surface area contributed by atoms with Crippen LogP contribution in [0.1, 0.15) is 16.1 Å². The fraction of sp³-hybridized carbons (Fsp3) is 0.0909. The summed E-state index contributed by atoms with van der Waals surface area (Å²) in [5.74, 6) is -1.01. The number of carbonyl (C=O) groups is 1. The van der Waals surface area contributed by atoms with Gasteiger partial charge in [-0.05, 0) is 36.4 Å². The van der Waals surface area contributed by atoms with Crippen LogP contribution in [0.5, 0.6) is 11.5 Å². The van der Waals surface area contributed by atoms with Crippen LogP contribution in [-0.4, -0.2) is 37.8 Å². The van der Waals surface area contributed by atoms with Crippen molar-refractivity contribution in [3.05, 3.63) is 84.2 Å². The number of phenols is 2. The van der Waals surface area contributed by atoms with E-state index in [1.807, 2.05) is 0 Å². The smallest absolute Gasteiger partial charge is 0.257 e. The third-order valence-electron chi connectivity index (χ3n) is 4.66. The van der Waals surface area contributed by atoms with E-state index in [9.17, 15) is 19.4 Å². The molecule has 0 bridgehead atoms. The first-order chi connectivity index (χ1) is 14.5. The van der Waals surface area contributed by atoms with Crippen molar-refractivity contribution in [3.63, 3.8) is 0 Å².